The Labute approximate surface area is 359 Å². The number of ether oxygens (including phenoxy) is 9. The molecule has 312 valence electrons. The molecule has 2 aliphatic rings. The highest BCUT2D eigenvalue weighted by Crippen LogP contribution is 2.58. The number of fused-ring (bicyclic) bond motifs is 4. The van der Waals surface area contributed by atoms with E-state index in [1.54, 1.807) is 28.4 Å². The number of hydrogen-bond acceptors (Lipinski definition) is 12. The summed E-state index contributed by atoms with van der Waals surface area (Å²) >= 11 is 7.11. The van der Waals surface area contributed by atoms with Crippen molar-refractivity contribution in [3.05, 3.63) is 118 Å². The standard InChI is InChI=1S/C48H48O10S2/c1-26-44(49)42-34(24-54-26)46(56-22-28-14-10-8-11-15-28)38-32(18-30(50-3)20-36(38)52-5)40(42)41-33-19-31(51-4)21-37(53-6)39(33)47(57-23-29-16-12-9-13-17-29)35-25-55-27(2)45(43(35)41)58-48(59)60-7/h8-21,26-27,44-45,49H,22-25H2,1-7H3/t26-,27-,44-,45-/m0/s1. The number of thiocarbonyl (C=S) groups is 1. The van der Waals surface area contributed by atoms with Gasteiger partial charge < -0.3 is 47.7 Å². The summed E-state index contributed by atoms with van der Waals surface area (Å²) in [6.07, 6.45) is -0.912. The van der Waals surface area contributed by atoms with Gasteiger partial charge in [0, 0.05) is 45.2 Å². The summed E-state index contributed by atoms with van der Waals surface area (Å²) in [5.74, 6) is 3.28. The van der Waals surface area contributed by atoms with E-state index < -0.39 is 24.4 Å². The van der Waals surface area contributed by atoms with E-state index in [1.807, 2.05) is 105 Å². The molecule has 6 aromatic carbocycles. The van der Waals surface area contributed by atoms with Crippen LogP contribution in [0.4, 0.5) is 0 Å². The molecule has 60 heavy (non-hydrogen) atoms. The van der Waals surface area contributed by atoms with Crippen molar-refractivity contribution in [2.45, 2.75) is 64.7 Å². The van der Waals surface area contributed by atoms with Crippen LogP contribution in [0.25, 0.3) is 32.7 Å². The Balaban J connectivity index is 1.57. The molecule has 6 aromatic rings. The normalized spacial score (nSPS) is 18.3. The minimum absolute atomic E-state index is 0.164. The van der Waals surface area contributed by atoms with Crippen LogP contribution in [0.3, 0.4) is 0 Å². The molecule has 4 atom stereocenters. The zero-order valence-corrected chi connectivity index (χ0v) is 36.3. The van der Waals surface area contributed by atoms with Gasteiger partial charge in [0.1, 0.15) is 53.8 Å². The number of methoxy groups -OCH3 is 4. The Kier molecular flexibility index (Phi) is 12.3. The Morgan fingerprint density at radius 3 is 1.60 bits per heavy atom. The van der Waals surface area contributed by atoms with Gasteiger partial charge in [-0.1, -0.05) is 72.4 Å². The minimum Gasteiger partial charge on any atom is -0.497 e. The van der Waals surface area contributed by atoms with Crippen molar-refractivity contribution in [1.82, 2.24) is 0 Å². The lowest BCUT2D eigenvalue weighted by molar-refractivity contribution is -0.0530. The molecule has 10 nitrogen and oxygen atoms in total. The van der Waals surface area contributed by atoms with E-state index >= 15 is 0 Å². The maximum Gasteiger partial charge on any atom is 0.220 e. The molecule has 0 fully saturated rings. The first-order valence-corrected chi connectivity index (χ1v) is 21.3. The fourth-order valence-electron chi connectivity index (χ4n) is 8.37. The van der Waals surface area contributed by atoms with Crippen molar-refractivity contribution in [3.63, 3.8) is 0 Å². The third-order valence-electron chi connectivity index (χ3n) is 11.3. The van der Waals surface area contributed by atoms with Crippen LogP contribution in [0, 0.1) is 0 Å². The lowest BCUT2D eigenvalue weighted by Crippen LogP contribution is -2.30. The van der Waals surface area contributed by atoms with Gasteiger partial charge in [-0.05, 0) is 66.7 Å². The molecule has 0 spiro atoms. The molecule has 8 rings (SSSR count). The molecule has 12 heteroatoms. The summed E-state index contributed by atoms with van der Waals surface area (Å²) in [7, 11) is 6.50. The third kappa shape index (κ3) is 7.56. The Morgan fingerprint density at radius 1 is 0.667 bits per heavy atom. The van der Waals surface area contributed by atoms with Crippen molar-refractivity contribution < 1.29 is 47.7 Å². The van der Waals surface area contributed by atoms with Crippen LogP contribution in [-0.4, -0.2) is 56.4 Å². The molecule has 0 unspecified atom stereocenters. The number of hydrogen-bond donors (Lipinski definition) is 1. The predicted octanol–water partition coefficient (Wildman–Crippen LogP) is 10.4. The van der Waals surface area contributed by atoms with Crippen LogP contribution in [0.15, 0.2) is 84.9 Å². The van der Waals surface area contributed by atoms with Gasteiger partial charge in [-0.2, -0.15) is 0 Å². The topological polar surface area (TPSA) is 103 Å². The third-order valence-corrected chi connectivity index (χ3v) is 12.3. The Bertz CT molecular complexity index is 2550. The van der Waals surface area contributed by atoms with Crippen LogP contribution in [0.5, 0.6) is 34.5 Å². The Morgan fingerprint density at radius 2 is 1.13 bits per heavy atom. The van der Waals surface area contributed by atoms with Crippen molar-refractivity contribution in [2.24, 2.45) is 0 Å². The van der Waals surface area contributed by atoms with Crippen LogP contribution in [0.2, 0.25) is 0 Å². The number of aliphatic hydroxyl groups is 1. The summed E-state index contributed by atoms with van der Waals surface area (Å²) in [6, 6.07) is 27.6. The Hall–Kier alpha value is -5.24. The van der Waals surface area contributed by atoms with E-state index in [4.69, 9.17) is 54.8 Å². The largest absolute Gasteiger partial charge is 0.497 e. The predicted molar refractivity (Wildman–Crippen MR) is 238 cm³/mol. The van der Waals surface area contributed by atoms with Gasteiger partial charge >= 0.3 is 0 Å². The maximum atomic E-state index is 12.5. The van der Waals surface area contributed by atoms with Crippen LogP contribution in [-0.2, 0) is 40.6 Å². The first kappa shape index (κ1) is 41.5. The van der Waals surface area contributed by atoms with Gasteiger partial charge in [0.05, 0.1) is 64.6 Å². The molecule has 0 amide bonds. The first-order valence-electron chi connectivity index (χ1n) is 19.7. The first-order chi connectivity index (χ1) is 29.2. The molecular weight excluding hydrogens is 801 g/mol. The summed E-state index contributed by atoms with van der Waals surface area (Å²) in [4.78, 5) is 0. The zero-order valence-electron chi connectivity index (χ0n) is 34.7. The number of thioether (sulfide) groups is 1. The smallest absolute Gasteiger partial charge is 0.220 e. The van der Waals surface area contributed by atoms with E-state index in [2.05, 4.69) is 0 Å². The summed E-state index contributed by atoms with van der Waals surface area (Å²) < 4.78 is 58.0. The fraction of sp³-hybridized carbons (Fsp3) is 0.312. The van der Waals surface area contributed by atoms with Gasteiger partial charge in [-0.3, -0.25) is 0 Å². The van der Waals surface area contributed by atoms with Crippen LogP contribution in [0.1, 0.15) is 59.4 Å². The molecule has 0 aromatic heterocycles. The minimum atomic E-state index is -1.08. The average Bonchev–Trinajstić information content (AvgIpc) is 3.28. The summed E-state index contributed by atoms with van der Waals surface area (Å²) in [5, 5.41) is 15.4. The van der Waals surface area contributed by atoms with Crippen LogP contribution >= 0.6 is 24.0 Å². The highest BCUT2D eigenvalue weighted by Gasteiger charge is 2.41. The molecule has 2 heterocycles. The second-order valence-corrected chi connectivity index (χ2v) is 16.1. The molecule has 0 saturated carbocycles. The lowest BCUT2D eigenvalue weighted by atomic mass is 9.77. The highest BCUT2D eigenvalue weighted by molar-refractivity contribution is 8.22. The van der Waals surface area contributed by atoms with Crippen molar-refractivity contribution >= 4 is 49.9 Å². The van der Waals surface area contributed by atoms with Gasteiger partial charge in [-0.15, -0.1) is 0 Å². The highest BCUT2D eigenvalue weighted by atomic mass is 32.2. The van der Waals surface area contributed by atoms with E-state index in [0.29, 0.717) is 60.8 Å². The number of rotatable bonds is 12. The fourth-order valence-corrected chi connectivity index (χ4v) is 8.67. The van der Waals surface area contributed by atoms with Gasteiger partial charge in [-0.25, -0.2) is 0 Å². The zero-order chi connectivity index (χ0) is 42.1. The van der Waals surface area contributed by atoms with Gasteiger partial charge in [0.25, 0.3) is 0 Å². The molecule has 2 aliphatic heterocycles. The average molecular weight is 849 g/mol. The molecule has 0 radical (unpaired) electrons. The molecule has 0 aliphatic carbocycles. The second kappa shape index (κ2) is 17.8. The summed E-state index contributed by atoms with van der Waals surface area (Å²) in [6.45, 7) is 4.74. The quantitative estimate of drug-likeness (QED) is 0.119. The molecule has 0 bridgehead atoms. The molecule has 1 N–H and O–H groups in total. The molecular formula is C48H48O10S2. The van der Waals surface area contributed by atoms with E-state index in [-0.39, 0.29) is 26.4 Å². The summed E-state index contributed by atoms with van der Waals surface area (Å²) in [5.41, 5.74) is 6.34. The van der Waals surface area contributed by atoms with Gasteiger partial charge in [0.15, 0.2) is 6.10 Å². The van der Waals surface area contributed by atoms with E-state index in [0.717, 1.165) is 44.2 Å². The second-order valence-electron chi connectivity index (χ2n) is 14.7. The maximum absolute atomic E-state index is 12.5. The van der Waals surface area contributed by atoms with Gasteiger partial charge in [0.2, 0.25) is 4.38 Å². The van der Waals surface area contributed by atoms with E-state index in [9.17, 15) is 5.11 Å². The SMILES string of the molecule is COc1cc(OC)c2c(OCc3ccccc3)c3c(c(-c4c5c(c(OCc6ccccc6)c6c(OC)cc(OC)cc46)CO[C@@H](C)[C@@H]5OC(=S)SC)c2c1)[C@@H](O)[C@H](C)OC3. The number of aliphatic hydroxyl groups excluding tert-OH is 1. The monoisotopic (exact) mass is 848 g/mol. The molecule has 0 saturated heterocycles. The van der Waals surface area contributed by atoms with Crippen LogP contribution < -0.4 is 28.4 Å². The van der Waals surface area contributed by atoms with Crippen molar-refractivity contribution in [2.75, 3.05) is 34.7 Å². The lowest BCUT2D eigenvalue weighted by Gasteiger charge is -2.38. The van der Waals surface area contributed by atoms with Crippen molar-refractivity contribution in [3.8, 4) is 45.6 Å². The van der Waals surface area contributed by atoms with Crippen molar-refractivity contribution in [1.29, 1.82) is 0 Å². The van der Waals surface area contributed by atoms with E-state index in [1.165, 1.54) is 11.8 Å². The number of benzene rings is 6.